The molecule has 1 aliphatic heterocycles. The fraction of sp³-hybridized carbons (Fsp3) is 0.294. The van der Waals surface area contributed by atoms with E-state index >= 15 is 0 Å². The van der Waals surface area contributed by atoms with E-state index < -0.39 is 0 Å². The average molecular weight is 351 g/mol. The molecule has 4 heterocycles. The number of rotatable bonds is 3. The van der Waals surface area contributed by atoms with Crippen LogP contribution in [0.3, 0.4) is 0 Å². The summed E-state index contributed by atoms with van der Waals surface area (Å²) >= 11 is 1.75. The zero-order valence-electron chi connectivity index (χ0n) is 13.5. The predicted octanol–water partition coefficient (Wildman–Crippen LogP) is 2.79. The van der Waals surface area contributed by atoms with Crippen LogP contribution in [0.4, 0.5) is 5.82 Å². The molecule has 126 valence electrons. The van der Waals surface area contributed by atoms with Crippen LogP contribution in [0.5, 0.6) is 0 Å². The molecule has 0 atom stereocenters. The molecule has 0 aliphatic carbocycles. The number of H-pyrrole nitrogens is 1. The SMILES string of the molecule is c1cc2c(NC3CCNCC3)nc3cc(-c4nn[nH]n4)ccc3c2s1. The van der Waals surface area contributed by atoms with Crippen molar-refractivity contribution in [1.82, 2.24) is 30.9 Å². The Morgan fingerprint density at radius 3 is 2.88 bits per heavy atom. The molecular formula is C17H17N7S. The van der Waals surface area contributed by atoms with Gasteiger partial charge in [0.25, 0.3) is 0 Å². The van der Waals surface area contributed by atoms with Crippen LogP contribution in [0, 0.1) is 0 Å². The summed E-state index contributed by atoms with van der Waals surface area (Å²) in [5.74, 6) is 1.56. The van der Waals surface area contributed by atoms with Crippen LogP contribution in [0.2, 0.25) is 0 Å². The Hall–Kier alpha value is -2.58. The summed E-state index contributed by atoms with van der Waals surface area (Å²) < 4.78 is 1.26. The summed E-state index contributed by atoms with van der Waals surface area (Å²) in [7, 11) is 0. The summed E-state index contributed by atoms with van der Waals surface area (Å²) in [4.78, 5) is 4.93. The van der Waals surface area contributed by atoms with Gasteiger partial charge in [-0.05, 0) is 48.7 Å². The van der Waals surface area contributed by atoms with Crippen molar-refractivity contribution < 1.29 is 0 Å². The molecule has 0 unspecified atom stereocenters. The maximum Gasteiger partial charge on any atom is 0.204 e. The molecular weight excluding hydrogens is 334 g/mol. The molecule has 1 fully saturated rings. The first kappa shape index (κ1) is 14.7. The third kappa shape index (κ3) is 2.63. The number of tetrazole rings is 1. The normalized spacial score (nSPS) is 15.8. The van der Waals surface area contributed by atoms with Crippen molar-refractivity contribution in [3.05, 3.63) is 29.6 Å². The second-order valence-electron chi connectivity index (χ2n) is 6.26. The monoisotopic (exact) mass is 351 g/mol. The lowest BCUT2D eigenvalue weighted by molar-refractivity contribution is 0.478. The number of hydrogen-bond donors (Lipinski definition) is 3. The second-order valence-corrected chi connectivity index (χ2v) is 7.18. The number of nitrogens with one attached hydrogen (secondary N) is 3. The minimum Gasteiger partial charge on any atom is -0.367 e. The molecule has 5 rings (SSSR count). The van der Waals surface area contributed by atoms with Crippen LogP contribution in [-0.4, -0.2) is 44.7 Å². The Balaban J connectivity index is 1.63. The standard InChI is InChI=1S/C17H17N7S/c1-2-12-14(9-10(1)16-21-23-24-22-16)20-17(13-5-8-25-15(12)13)19-11-3-6-18-7-4-11/h1-2,5,8-9,11,18H,3-4,6-7H2,(H,19,20)(H,21,22,23,24). The number of thiophene rings is 1. The van der Waals surface area contributed by atoms with E-state index in [1.165, 1.54) is 10.1 Å². The van der Waals surface area contributed by atoms with Crippen LogP contribution in [0.15, 0.2) is 29.6 Å². The first-order chi connectivity index (χ1) is 12.4. The average Bonchev–Trinajstić information content (AvgIpc) is 3.34. The van der Waals surface area contributed by atoms with Crippen molar-refractivity contribution in [2.75, 3.05) is 18.4 Å². The molecule has 25 heavy (non-hydrogen) atoms. The summed E-state index contributed by atoms with van der Waals surface area (Å²) in [6, 6.07) is 8.78. The van der Waals surface area contributed by atoms with E-state index in [4.69, 9.17) is 4.98 Å². The van der Waals surface area contributed by atoms with Crippen molar-refractivity contribution >= 4 is 38.1 Å². The number of anilines is 1. The molecule has 0 bridgehead atoms. The molecule has 4 aromatic rings. The van der Waals surface area contributed by atoms with Crippen molar-refractivity contribution in [2.24, 2.45) is 0 Å². The van der Waals surface area contributed by atoms with E-state index in [-0.39, 0.29) is 0 Å². The first-order valence-electron chi connectivity index (χ1n) is 8.40. The quantitative estimate of drug-likeness (QED) is 0.526. The number of piperidine rings is 1. The largest absolute Gasteiger partial charge is 0.367 e. The summed E-state index contributed by atoms with van der Waals surface area (Å²) in [6.07, 6.45) is 2.24. The number of nitrogens with zero attached hydrogens (tertiary/aromatic N) is 4. The van der Waals surface area contributed by atoms with E-state index in [0.29, 0.717) is 11.9 Å². The number of pyridine rings is 1. The minimum atomic E-state index is 0.467. The summed E-state index contributed by atoms with van der Waals surface area (Å²) in [6.45, 7) is 2.11. The van der Waals surface area contributed by atoms with Crippen LogP contribution in [-0.2, 0) is 0 Å². The highest BCUT2D eigenvalue weighted by molar-refractivity contribution is 7.18. The molecule has 1 saturated heterocycles. The van der Waals surface area contributed by atoms with Crippen LogP contribution in [0.25, 0.3) is 32.4 Å². The number of fused-ring (bicyclic) bond motifs is 3. The van der Waals surface area contributed by atoms with Gasteiger partial charge >= 0.3 is 0 Å². The Morgan fingerprint density at radius 2 is 2.04 bits per heavy atom. The van der Waals surface area contributed by atoms with Gasteiger partial charge in [0.05, 0.1) is 5.52 Å². The summed E-state index contributed by atoms with van der Waals surface area (Å²) in [5.41, 5.74) is 1.87. The lowest BCUT2D eigenvalue weighted by Gasteiger charge is -2.24. The smallest absolute Gasteiger partial charge is 0.204 e. The molecule has 1 aliphatic rings. The third-order valence-corrected chi connectivity index (χ3v) is 5.63. The Bertz CT molecular complexity index is 1020. The fourth-order valence-corrected chi connectivity index (χ4v) is 4.33. The topological polar surface area (TPSA) is 91.4 Å². The molecule has 1 aromatic carbocycles. The molecule has 8 heteroatoms. The Kier molecular flexibility index (Phi) is 3.57. The van der Waals surface area contributed by atoms with Gasteiger partial charge in [0.15, 0.2) is 0 Å². The van der Waals surface area contributed by atoms with E-state index in [1.54, 1.807) is 11.3 Å². The van der Waals surface area contributed by atoms with Gasteiger partial charge in [-0.3, -0.25) is 0 Å². The Morgan fingerprint density at radius 1 is 1.12 bits per heavy atom. The van der Waals surface area contributed by atoms with Crippen LogP contribution >= 0.6 is 11.3 Å². The zero-order chi connectivity index (χ0) is 16.6. The van der Waals surface area contributed by atoms with E-state index in [9.17, 15) is 0 Å². The van der Waals surface area contributed by atoms with E-state index in [2.05, 4.69) is 48.8 Å². The highest BCUT2D eigenvalue weighted by Crippen LogP contribution is 2.35. The van der Waals surface area contributed by atoms with Gasteiger partial charge in [-0.1, -0.05) is 12.1 Å². The molecule has 3 N–H and O–H groups in total. The van der Waals surface area contributed by atoms with E-state index in [1.807, 2.05) is 12.1 Å². The highest BCUT2D eigenvalue weighted by atomic mass is 32.1. The van der Waals surface area contributed by atoms with Crippen LogP contribution < -0.4 is 10.6 Å². The maximum absolute atomic E-state index is 4.93. The molecule has 0 spiro atoms. The summed E-state index contributed by atoms with van der Waals surface area (Å²) in [5, 5.41) is 25.8. The first-order valence-corrected chi connectivity index (χ1v) is 9.28. The van der Waals surface area contributed by atoms with Crippen LogP contribution in [0.1, 0.15) is 12.8 Å². The lowest BCUT2D eigenvalue weighted by atomic mass is 10.1. The third-order valence-electron chi connectivity index (χ3n) is 4.68. The molecule has 3 aromatic heterocycles. The lowest BCUT2D eigenvalue weighted by Crippen LogP contribution is -2.35. The zero-order valence-corrected chi connectivity index (χ0v) is 14.3. The van der Waals surface area contributed by atoms with Gasteiger partial charge in [0.2, 0.25) is 5.82 Å². The molecule has 0 saturated carbocycles. The number of hydrogen-bond acceptors (Lipinski definition) is 7. The van der Waals surface area contributed by atoms with Gasteiger partial charge in [-0.15, -0.1) is 21.5 Å². The second kappa shape index (κ2) is 6.05. The van der Waals surface area contributed by atoms with Gasteiger partial charge in [0, 0.05) is 27.1 Å². The van der Waals surface area contributed by atoms with Crippen molar-refractivity contribution in [2.45, 2.75) is 18.9 Å². The minimum absolute atomic E-state index is 0.467. The maximum atomic E-state index is 4.93. The van der Waals surface area contributed by atoms with Gasteiger partial charge in [-0.25, -0.2) is 4.98 Å². The van der Waals surface area contributed by atoms with Crippen molar-refractivity contribution in [3.63, 3.8) is 0 Å². The number of benzene rings is 1. The van der Waals surface area contributed by atoms with Gasteiger partial charge in [0.1, 0.15) is 5.82 Å². The molecule has 0 amide bonds. The number of aromatic amines is 1. The highest BCUT2D eigenvalue weighted by Gasteiger charge is 2.17. The fourth-order valence-electron chi connectivity index (χ4n) is 3.39. The Labute approximate surface area is 147 Å². The van der Waals surface area contributed by atoms with Gasteiger partial charge in [-0.2, -0.15) is 5.21 Å². The molecule has 7 nitrogen and oxygen atoms in total. The molecule has 0 radical (unpaired) electrons. The predicted molar refractivity (Wildman–Crippen MR) is 99.8 cm³/mol. The van der Waals surface area contributed by atoms with Crippen molar-refractivity contribution in [3.8, 4) is 11.4 Å². The van der Waals surface area contributed by atoms with Crippen molar-refractivity contribution in [1.29, 1.82) is 0 Å². The van der Waals surface area contributed by atoms with Gasteiger partial charge < -0.3 is 10.6 Å². The van der Waals surface area contributed by atoms with E-state index in [0.717, 1.165) is 48.2 Å². The number of aromatic nitrogens is 5.